The third-order valence-corrected chi connectivity index (χ3v) is 5.70. The average molecular weight is 369 g/mol. The molecular weight excluding hydrogens is 348 g/mol. The summed E-state index contributed by atoms with van der Waals surface area (Å²) in [5, 5.41) is 0.744. The minimum Gasteiger partial charge on any atom is -0.287 e. The van der Waals surface area contributed by atoms with Gasteiger partial charge < -0.3 is 0 Å². The predicted octanol–water partition coefficient (Wildman–Crippen LogP) is 5.34. The van der Waals surface area contributed by atoms with Crippen LogP contribution in [0.5, 0.6) is 0 Å². The highest BCUT2D eigenvalue weighted by Crippen LogP contribution is 2.34. The first-order valence-corrected chi connectivity index (χ1v) is 10.2. The van der Waals surface area contributed by atoms with Crippen LogP contribution in [0.2, 0.25) is 0 Å². The molecule has 0 bridgehead atoms. The Labute approximate surface area is 157 Å². The number of carbonyl (C=O) groups is 1. The molecule has 0 spiro atoms. The van der Waals surface area contributed by atoms with E-state index in [4.69, 9.17) is 4.99 Å². The fraction of sp³-hybridized carbons (Fsp3) is 0.200. The molecule has 2 aromatic rings. The molecule has 1 aliphatic rings. The van der Waals surface area contributed by atoms with Crippen LogP contribution in [0.1, 0.15) is 18.1 Å². The summed E-state index contributed by atoms with van der Waals surface area (Å²) in [5.41, 5.74) is 3.04. The van der Waals surface area contributed by atoms with Crippen LogP contribution >= 0.6 is 23.5 Å². The Morgan fingerprint density at radius 2 is 1.88 bits per heavy atom. The molecule has 0 saturated carbocycles. The molecule has 0 atom stereocenters. The standard InChI is InChI=1S/C20H20N2OS2/c1-4-22-19(23)18(13-15-9-11-16(24-3)12-10-15)25-20(22)21-17-8-6-5-7-14(17)2/h5-13H,4H2,1-3H3/b18-13+,21-20?. The average Bonchev–Trinajstić information content (AvgIpc) is 2.92. The van der Waals surface area contributed by atoms with Crippen LogP contribution in [-0.2, 0) is 4.79 Å². The second-order valence-corrected chi connectivity index (χ2v) is 7.50. The number of amides is 1. The number of aliphatic imine (C=N–C) groups is 1. The summed E-state index contributed by atoms with van der Waals surface area (Å²) in [7, 11) is 0. The molecule has 1 heterocycles. The molecule has 3 nitrogen and oxygen atoms in total. The van der Waals surface area contributed by atoms with Crippen LogP contribution < -0.4 is 0 Å². The number of para-hydroxylation sites is 1. The van der Waals surface area contributed by atoms with Gasteiger partial charge in [-0.05, 0) is 67.3 Å². The third-order valence-electron chi connectivity index (χ3n) is 3.95. The summed E-state index contributed by atoms with van der Waals surface area (Å²) >= 11 is 3.15. The summed E-state index contributed by atoms with van der Waals surface area (Å²) in [4.78, 5) is 21.1. The van der Waals surface area contributed by atoms with Gasteiger partial charge in [0, 0.05) is 11.4 Å². The molecule has 3 rings (SSSR count). The summed E-state index contributed by atoms with van der Waals surface area (Å²) in [5.74, 6) is 0.0220. The predicted molar refractivity (Wildman–Crippen MR) is 109 cm³/mol. The molecule has 1 amide bonds. The number of amidine groups is 1. The molecule has 0 radical (unpaired) electrons. The van der Waals surface area contributed by atoms with Crippen molar-refractivity contribution in [3.63, 3.8) is 0 Å². The zero-order valence-corrected chi connectivity index (χ0v) is 16.2. The topological polar surface area (TPSA) is 32.7 Å². The van der Waals surface area contributed by atoms with Crippen molar-refractivity contribution in [2.75, 3.05) is 12.8 Å². The number of benzene rings is 2. The molecule has 0 N–H and O–H groups in total. The van der Waals surface area contributed by atoms with Crippen LogP contribution in [0.15, 0.2) is 63.3 Å². The fourth-order valence-electron chi connectivity index (χ4n) is 2.51. The van der Waals surface area contributed by atoms with E-state index >= 15 is 0 Å². The van der Waals surface area contributed by atoms with Gasteiger partial charge in [-0.1, -0.05) is 30.3 Å². The Morgan fingerprint density at radius 3 is 2.52 bits per heavy atom. The van der Waals surface area contributed by atoms with E-state index in [2.05, 4.69) is 18.4 Å². The van der Waals surface area contributed by atoms with Crippen molar-refractivity contribution in [1.29, 1.82) is 0 Å². The summed E-state index contributed by atoms with van der Waals surface area (Å²) in [6.45, 7) is 4.61. The lowest BCUT2D eigenvalue weighted by Gasteiger charge is -2.12. The van der Waals surface area contributed by atoms with Gasteiger partial charge in [-0.25, -0.2) is 4.99 Å². The summed E-state index contributed by atoms with van der Waals surface area (Å²) < 4.78 is 0. The quantitative estimate of drug-likeness (QED) is 0.539. The van der Waals surface area contributed by atoms with E-state index in [0.29, 0.717) is 11.4 Å². The Balaban J connectivity index is 1.91. The smallest absolute Gasteiger partial charge is 0.266 e. The van der Waals surface area contributed by atoms with Crippen molar-refractivity contribution < 1.29 is 4.79 Å². The maximum absolute atomic E-state index is 12.7. The van der Waals surface area contributed by atoms with Gasteiger partial charge in [-0.3, -0.25) is 9.69 Å². The molecular formula is C20H20N2OS2. The molecule has 128 valence electrons. The van der Waals surface area contributed by atoms with Crippen LogP contribution in [-0.4, -0.2) is 28.8 Å². The number of thioether (sulfide) groups is 2. The molecule has 5 heteroatoms. The van der Waals surface area contributed by atoms with Gasteiger partial charge in [0.15, 0.2) is 5.17 Å². The van der Waals surface area contributed by atoms with Gasteiger partial charge in [0.05, 0.1) is 10.6 Å². The SMILES string of the molecule is CCN1C(=O)/C(=C\c2ccc(SC)cc2)SC1=Nc1ccccc1C. The second kappa shape index (κ2) is 7.93. The fourth-order valence-corrected chi connectivity index (χ4v) is 3.98. The lowest BCUT2D eigenvalue weighted by Crippen LogP contribution is -2.28. The monoisotopic (exact) mass is 368 g/mol. The van der Waals surface area contributed by atoms with Crippen molar-refractivity contribution in [1.82, 2.24) is 4.90 Å². The van der Waals surface area contributed by atoms with E-state index in [1.54, 1.807) is 16.7 Å². The Kier molecular flexibility index (Phi) is 5.66. The van der Waals surface area contributed by atoms with Crippen molar-refractivity contribution in [3.8, 4) is 0 Å². The van der Waals surface area contributed by atoms with E-state index in [0.717, 1.165) is 22.0 Å². The van der Waals surface area contributed by atoms with E-state index in [-0.39, 0.29) is 5.91 Å². The number of nitrogens with zero attached hydrogens (tertiary/aromatic N) is 2. The number of likely N-dealkylation sites (N-methyl/N-ethyl adjacent to an activating group) is 1. The van der Waals surface area contributed by atoms with Gasteiger partial charge in [0.1, 0.15) is 0 Å². The molecule has 1 fully saturated rings. The molecule has 1 saturated heterocycles. The van der Waals surface area contributed by atoms with Crippen molar-refractivity contribution in [2.24, 2.45) is 4.99 Å². The highest BCUT2D eigenvalue weighted by Gasteiger charge is 2.32. The number of carbonyl (C=O) groups excluding carboxylic acids is 1. The number of hydrogen-bond donors (Lipinski definition) is 0. The highest BCUT2D eigenvalue weighted by molar-refractivity contribution is 8.18. The van der Waals surface area contributed by atoms with Crippen LogP contribution in [0.4, 0.5) is 5.69 Å². The highest BCUT2D eigenvalue weighted by atomic mass is 32.2. The third kappa shape index (κ3) is 3.99. The lowest BCUT2D eigenvalue weighted by atomic mass is 10.2. The minimum atomic E-state index is 0.0220. The first-order valence-electron chi connectivity index (χ1n) is 8.12. The minimum absolute atomic E-state index is 0.0220. The maximum Gasteiger partial charge on any atom is 0.266 e. The van der Waals surface area contributed by atoms with Crippen molar-refractivity contribution in [2.45, 2.75) is 18.7 Å². The largest absolute Gasteiger partial charge is 0.287 e. The Hall–Kier alpha value is -1.98. The van der Waals surface area contributed by atoms with E-state index in [1.165, 1.54) is 16.7 Å². The number of hydrogen-bond acceptors (Lipinski definition) is 4. The van der Waals surface area contributed by atoms with Crippen LogP contribution in [0, 0.1) is 6.92 Å². The molecule has 2 aromatic carbocycles. The Bertz CT molecular complexity index is 841. The molecule has 0 unspecified atom stereocenters. The van der Waals surface area contributed by atoms with E-state index in [1.807, 2.05) is 56.3 Å². The van der Waals surface area contributed by atoms with Crippen molar-refractivity contribution >= 4 is 46.4 Å². The van der Waals surface area contributed by atoms with Crippen LogP contribution in [0.3, 0.4) is 0 Å². The number of rotatable bonds is 4. The van der Waals surface area contributed by atoms with Crippen molar-refractivity contribution in [3.05, 3.63) is 64.6 Å². The molecule has 0 aromatic heterocycles. The van der Waals surface area contributed by atoms with Gasteiger partial charge >= 0.3 is 0 Å². The number of aryl methyl sites for hydroxylation is 1. The normalized spacial score (nSPS) is 17.7. The summed E-state index contributed by atoms with van der Waals surface area (Å²) in [6, 6.07) is 16.2. The van der Waals surface area contributed by atoms with Gasteiger partial charge in [0.25, 0.3) is 5.91 Å². The summed E-state index contributed by atoms with van der Waals surface area (Å²) in [6.07, 6.45) is 4.00. The maximum atomic E-state index is 12.7. The first kappa shape index (κ1) is 17.8. The Morgan fingerprint density at radius 1 is 1.16 bits per heavy atom. The first-order chi connectivity index (χ1) is 12.1. The molecule has 0 aliphatic carbocycles. The lowest BCUT2D eigenvalue weighted by molar-refractivity contribution is -0.122. The molecule has 1 aliphatic heterocycles. The van der Waals surface area contributed by atoms with Gasteiger partial charge in [-0.15, -0.1) is 11.8 Å². The second-order valence-electron chi connectivity index (χ2n) is 5.61. The zero-order valence-electron chi connectivity index (χ0n) is 14.5. The zero-order chi connectivity index (χ0) is 17.8. The van der Waals surface area contributed by atoms with E-state index in [9.17, 15) is 4.79 Å². The van der Waals surface area contributed by atoms with Gasteiger partial charge in [-0.2, -0.15) is 0 Å². The van der Waals surface area contributed by atoms with E-state index < -0.39 is 0 Å². The van der Waals surface area contributed by atoms with Crippen LogP contribution in [0.25, 0.3) is 6.08 Å². The molecule has 25 heavy (non-hydrogen) atoms. The van der Waals surface area contributed by atoms with Gasteiger partial charge in [0.2, 0.25) is 0 Å².